The SMILES string of the molecule is Nc1ncccc1S(=O)(=O)N(CCO)C1CCCCC1. The number of anilines is 1. The summed E-state index contributed by atoms with van der Waals surface area (Å²) in [5.74, 6) is 0.00579. The zero-order chi connectivity index (χ0) is 14.6. The number of sulfonamides is 1. The molecule has 1 fully saturated rings. The first-order chi connectivity index (χ1) is 9.57. The summed E-state index contributed by atoms with van der Waals surface area (Å²) in [7, 11) is -3.71. The molecule has 2 rings (SSSR count). The molecule has 0 saturated heterocycles. The third-order valence-corrected chi connectivity index (χ3v) is 5.69. The predicted octanol–water partition coefficient (Wildman–Crippen LogP) is 0.979. The average Bonchev–Trinajstić information content (AvgIpc) is 2.45. The summed E-state index contributed by atoms with van der Waals surface area (Å²) in [6.07, 6.45) is 6.30. The largest absolute Gasteiger partial charge is 0.395 e. The van der Waals surface area contributed by atoms with Crippen molar-refractivity contribution in [3.05, 3.63) is 18.3 Å². The number of rotatable bonds is 5. The van der Waals surface area contributed by atoms with E-state index in [4.69, 9.17) is 5.73 Å². The molecule has 1 aromatic rings. The number of hydrogen-bond donors (Lipinski definition) is 2. The van der Waals surface area contributed by atoms with Gasteiger partial charge >= 0.3 is 0 Å². The Morgan fingerprint density at radius 3 is 2.65 bits per heavy atom. The maximum Gasteiger partial charge on any atom is 0.247 e. The summed E-state index contributed by atoms with van der Waals surface area (Å²) < 4.78 is 26.9. The van der Waals surface area contributed by atoms with Crippen LogP contribution in [-0.2, 0) is 10.0 Å². The third kappa shape index (κ3) is 3.11. The molecule has 1 aliphatic carbocycles. The molecule has 1 aliphatic rings. The molecule has 1 saturated carbocycles. The highest BCUT2D eigenvalue weighted by atomic mass is 32.2. The first kappa shape index (κ1) is 15.2. The fourth-order valence-electron chi connectivity index (χ4n) is 2.71. The van der Waals surface area contributed by atoms with Crippen LogP contribution in [0.3, 0.4) is 0 Å². The highest BCUT2D eigenvalue weighted by Gasteiger charge is 2.33. The molecule has 0 radical (unpaired) electrons. The number of nitrogens with zero attached hydrogens (tertiary/aromatic N) is 2. The number of nitrogens with two attached hydrogens (primary N) is 1. The van der Waals surface area contributed by atoms with Crippen molar-refractivity contribution in [1.82, 2.24) is 9.29 Å². The molecule has 0 spiro atoms. The summed E-state index contributed by atoms with van der Waals surface area (Å²) in [4.78, 5) is 3.87. The van der Waals surface area contributed by atoms with Crippen LogP contribution in [0.4, 0.5) is 5.82 Å². The van der Waals surface area contributed by atoms with E-state index in [0.29, 0.717) is 0 Å². The second-order valence-corrected chi connectivity index (χ2v) is 6.88. The first-order valence-electron chi connectivity index (χ1n) is 6.90. The molecule has 3 N–H and O–H groups in total. The van der Waals surface area contributed by atoms with E-state index in [1.54, 1.807) is 6.07 Å². The number of aromatic nitrogens is 1. The number of aliphatic hydroxyl groups excluding tert-OH is 1. The van der Waals surface area contributed by atoms with Crippen molar-refractivity contribution in [3.63, 3.8) is 0 Å². The molecule has 0 atom stereocenters. The maximum absolute atomic E-state index is 12.7. The van der Waals surface area contributed by atoms with Gasteiger partial charge in [0.15, 0.2) is 0 Å². The van der Waals surface area contributed by atoms with E-state index < -0.39 is 10.0 Å². The van der Waals surface area contributed by atoms with E-state index in [0.717, 1.165) is 32.1 Å². The van der Waals surface area contributed by atoms with E-state index in [1.807, 2.05) is 0 Å². The van der Waals surface area contributed by atoms with Crippen molar-refractivity contribution >= 4 is 15.8 Å². The van der Waals surface area contributed by atoms with Gasteiger partial charge < -0.3 is 10.8 Å². The van der Waals surface area contributed by atoms with Crippen LogP contribution in [0.1, 0.15) is 32.1 Å². The van der Waals surface area contributed by atoms with Gasteiger partial charge in [-0.25, -0.2) is 13.4 Å². The molecule has 7 heteroatoms. The molecule has 20 heavy (non-hydrogen) atoms. The number of nitrogen functional groups attached to an aromatic ring is 1. The van der Waals surface area contributed by atoms with Gasteiger partial charge in [-0.3, -0.25) is 0 Å². The Balaban J connectivity index is 2.34. The van der Waals surface area contributed by atoms with Crippen LogP contribution >= 0.6 is 0 Å². The second-order valence-electron chi connectivity index (χ2n) is 5.02. The summed E-state index contributed by atoms with van der Waals surface area (Å²) in [5, 5.41) is 9.19. The van der Waals surface area contributed by atoms with E-state index in [-0.39, 0.29) is 29.9 Å². The normalized spacial score (nSPS) is 17.5. The Kier molecular flexibility index (Phi) is 4.95. The van der Waals surface area contributed by atoms with Crippen LogP contribution in [0.2, 0.25) is 0 Å². The van der Waals surface area contributed by atoms with Crippen LogP contribution in [0.25, 0.3) is 0 Å². The molecule has 0 aromatic carbocycles. The highest BCUT2D eigenvalue weighted by molar-refractivity contribution is 7.89. The molecule has 0 aliphatic heterocycles. The van der Waals surface area contributed by atoms with Crippen molar-refractivity contribution in [2.45, 2.75) is 43.0 Å². The Labute approximate surface area is 119 Å². The second kappa shape index (κ2) is 6.51. The minimum atomic E-state index is -3.71. The monoisotopic (exact) mass is 299 g/mol. The molecule has 1 aromatic heterocycles. The van der Waals surface area contributed by atoms with Gasteiger partial charge in [0, 0.05) is 18.8 Å². The molecule has 0 unspecified atom stereocenters. The number of hydrogen-bond acceptors (Lipinski definition) is 5. The zero-order valence-corrected chi connectivity index (χ0v) is 12.2. The molecule has 0 bridgehead atoms. The van der Waals surface area contributed by atoms with Crippen molar-refractivity contribution in [2.75, 3.05) is 18.9 Å². The van der Waals surface area contributed by atoms with Gasteiger partial charge in [0.2, 0.25) is 10.0 Å². The minimum Gasteiger partial charge on any atom is -0.395 e. The van der Waals surface area contributed by atoms with Gasteiger partial charge in [-0.1, -0.05) is 19.3 Å². The van der Waals surface area contributed by atoms with E-state index in [9.17, 15) is 13.5 Å². The Bertz CT molecular complexity index is 542. The summed E-state index contributed by atoms with van der Waals surface area (Å²) in [5.41, 5.74) is 5.69. The average molecular weight is 299 g/mol. The van der Waals surface area contributed by atoms with Gasteiger partial charge in [0.1, 0.15) is 10.7 Å². The van der Waals surface area contributed by atoms with Gasteiger partial charge in [0.05, 0.1) is 6.61 Å². The molecule has 6 nitrogen and oxygen atoms in total. The zero-order valence-electron chi connectivity index (χ0n) is 11.4. The number of pyridine rings is 1. The fourth-order valence-corrected chi connectivity index (χ4v) is 4.46. The summed E-state index contributed by atoms with van der Waals surface area (Å²) >= 11 is 0. The van der Waals surface area contributed by atoms with E-state index >= 15 is 0 Å². The van der Waals surface area contributed by atoms with Gasteiger partial charge in [-0.2, -0.15) is 4.31 Å². The lowest BCUT2D eigenvalue weighted by atomic mass is 9.95. The van der Waals surface area contributed by atoms with E-state index in [1.165, 1.54) is 16.6 Å². The van der Waals surface area contributed by atoms with Crippen molar-refractivity contribution < 1.29 is 13.5 Å². The minimum absolute atomic E-state index is 0.00579. The van der Waals surface area contributed by atoms with Crippen LogP contribution in [0.5, 0.6) is 0 Å². The van der Waals surface area contributed by atoms with Gasteiger partial charge in [0.25, 0.3) is 0 Å². The van der Waals surface area contributed by atoms with Crippen LogP contribution in [-0.4, -0.2) is 42.0 Å². The quantitative estimate of drug-likeness (QED) is 0.845. The maximum atomic E-state index is 12.7. The lowest BCUT2D eigenvalue weighted by Crippen LogP contribution is -2.43. The summed E-state index contributed by atoms with van der Waals surface area (Å²) in [6, 6.07) is 2.96. The Hall–Kier alpha value is -1.18. The van der Waals surface area contributed by atoms with Gasteiger partial charge in [-0.15, -0.1) is 0 Å². The Morgan fingerprint density at radius 2 is 2.05 bits per heavy atom. The van der Waals surface area contributed by atoms with Crippen molar-refractivity contribution in [1.29, 1.82) is 0 Å². The molecular formula is C13H21N3O3S. The molecule has 112 valence electrons. The lowest BCUT2D eigenvalue weighted by molar-refractivity contribution is 0.199. The molecule has 1 heterocycles. The standard InChI is InChI=1S/C13H21N3O3S/c14-13-12(7-4-8-15-13)20(18,19)16(9-10-17)11-5-2-1-3-6-11/h4,7-8,11,17H,1-3,5-6,9-10H2,(H2,14,15). The van der Waals surface area contributed by atoms with Crippen molar-refractivity contribution in [3.8, 4) is 0 Å². The van der Waals surface area contributed by atoms with Crippen molar-refractivity contribution in [2.24, 2.45) is 0 Å². The van der Waals surface area contributed by atoms with Crippen LogP contribution in [0, 0.1) is 0 Å². The molecule has 0 amide bonds. The van der Waals surface area contributed by atoms with Crippen LogP contribution in [0.15, 0.2) is 23.2 Å². The summed E-state index contributed by atoms with van der Waals surface area (Å²) in [6.45, 7) is -0.1000. The topological polar surface area (TPSA) is 96.5 Å². The smallest absolute Gasteiger partial charge is 0.247 e. The third-order valence-electron chi connectivity index (χ3n) is 3.69. The van der Waals surface area contributed by atoms with Gasteiger partial charge in [-0.05, 0) is 25.0 Å². The number of aliphatic hydroxyl groups is 1. The molecular weight excluding hydrogens is 278 g/mol. The fraction of sp³-hybridized carbons (Fsp3) is 0.615. The predicted molar refractivity (Wildman–Crippen MR) is 76.5 cm³/mol. The van der Waals surface area contributed by atoms with E-state index in [2.05, 4.69) is 4.98 Å². The van der Waals surface area contributed by atoms with Crippen LogP contribution < -0.4 is 5.73 Å². The Morgan fingerprint density at radius 1 is 1.35 bits per heavy atom. The lowest BCUT2D eigenvalue weighted by Gasteiger charge is -2.33. The first-order valence-corrected chi connectivity index (χ1v) is 8.34. The highest BCUT2D eigenvalue weighted by Crippen LogP contribution is 2.28.